The first-order chi connectivity index (χ1) is 8.79. The van der Waals surface area contributed by atoms with Crippen LogP contribution in [0.25, 0.3) is 22.6 Å². The predicted octanol–water partition coefficient (Wildman–Crippen LogP) is 2.70. The molecule has 90 valence electrons. The van der Waals surface area contributed by atoms with Crippen LogP contribution in [0.5, 0.6) is 0 Å². The van der Waals surface area contributed by atoms with Crippen LogP contribution in [0.1, 0.15) is 6.92 Å². The third-order valence-corrected chi connectivity index (χ3v) is 2.98. The summed E-state index contributed by atoms with van der Waals surface area (Å²) < 4.78 is 2.15. The van der Waals surface area contributed by atoms with Crippen molar-refractivity contribution in [3.63, 3.8) is 0 Å². The van der Waals surface area contributed by atoms with E-state index < -0.39 is 0 Å². The van der Waals surface area contributed by atoms with Crippen LogP contribution in [0.3, 0.4) is 0 Å². The number of hydrogen-bond acceptors (Lipinski definition) is 3. The second-order valence-electron chi connectivity index (χ2n) is 4.14. The first-order valence-electron chi connectivity index (χ1n) is 5.96. The summed E-state index contributed by atoms with van der Waals surface area (Å²) in [6, 6.07) is 11.6. The van der Waals surface area contributed by atoms with Crippen molar-refractivity contribution >= 4 is 16.7 Å². The Hall–Kier alpha value is -2.36. The molecule has 2 N–H and O–H groups in total. The molecule has 18 heavy (non-hydrogen) atoms. The van der Waals surface area contributed by atoms with E-state index in [9.17, 15) is 0 Å². The molecule has 0 saturated heterocycles. The van der Waals surface area contributed by atoms with Crippen LogP contribution >= 0.6 is 0 Å². The minimum Gasteiger partial charge on any atom is -0.399 e. The van der Waals surface area contributed by atoms with E-state index in [-0.39, 0.29) is 0 Å². The van der Waals surface area contributed by atoms with Gasteiger partial charge in [-0.3, -0.25) is 4.98 Å². The van der Waals surface area contributed by atoms with Gasteiger partial charge in [0.2, 0.25) is 0 Å². The molecule has 3 aromatic rings. The van der Waals surface area contributed by atoms with Gasteiger partial charge in [0.05, 0.1) is 11.0 Å². The summed E-state index contributed by atoms with van der Waals surface area (Å²) in [5, 5.41) is 0. The molecular formula is C14H14N4. The van der Waals surface area contributed by atoms with Crippen LogP contribution < -0.4 is 5.73 Å². The molecular weight excluding hydrogens is 224 g/mol. The van der Waals surface area contributed by atoms with Crippen LogP contribution in [-0.4, -0.2) is 14.5 Å². The van der Waals surface area contributed by atoms with E-state index in [4.69, 9.17) is 5.73 Å². The average Bonchev–Trinajstić information content (AvgIpc) is 2.77. The van der Waals surface area contributed by atoms with Crippen LogP contribution in [0.15, 0.2) is 42.6 Å². The van der Waals surface area contributed by atoms with Crippen LogP contribution in [0.4, 0.5) is 5.69 Å². The third-order valence-electron chi connectivity index (χ3n) is 2.98. The first-order valence-corrected chi connectivity index (χ1v) is 5.96. The number of anilines is 1. The van der Waals surface area contributed by atoms with Gasteiger partial charge < -0.3 is 10.3 Å². The van der Waals surface area contributed by atoms with Crippen LogP contribution in [0.2, 0.25) is 0 Å². The van der Waals surface area contributed by atoms with Crippen LogP contribution in [-0.2, 0) is 6.54 Å². The Morgan fingerprint density at radius 2 is 2.11 bits per heavy atom. The molecule has 0 saturated carbocycles. The fourth-order valence-electron chi connectivity index (χ4n) is 2.16. The summed E-state index contributed by atoms with van der Waals surface area (Å²) in [5.74, 6) is 0.888. The molecule has 3 rings (SSSR count). The molecule has 0 amide bonds. The lowest BCUT2D eigenvalue weighted by Crippen LogP contribution is -1.98. The SMILES string of the molecule is CCn1c(-c2ccccn2)nc2cc(N)ccc21. The normalized spacial score (nSPS) is 10.9. The zero-order chi connectivity index (χ0) is 12.5. The van der Waals surface area contributed by atoms with Gasteiger partial charge in [-0.2, -0.15) is 0 Å². The monoisotopic (exact) mass is 238 g/mol. The number of fused-ring (bicyclic) bond motifs is 1. The quantitative estimate of drug-likeness (QED) is 0.698. The Kier molecular flexibility index (Phi) is 2.48. The molecule has 2 aromatic heterocycles. The minimum absolute atomic E-state index is 0.732. The van der Waals surface area contributed by atoms with Gasteiger partial charge in [-0.1, -0.05) is 6.07 Å². The number of nitrogens with zero attached hydrogens (tertiary/aromatic N) is 3. The Balaban J connectivity index is 2.29. The standard InChI is InChI=1S/C14H14N4/c1-2-18-13-7-6-10(15)9-12(13)17-14(18)11-5-3-4-8-16-11/h3-9H,2,15H2,1H3. The van der Waals surface area contributed by atoms with E-state index in [1.807, 2.05) is 36.4 Å². The average molecular weight is 238 g/mol. The van der Waals surface area contributed by atoms with Gasteiger partial charge in [0.15, 0.2) is 5.82 Å². The fourth-order valence-corrected chi connectivity index (χ4v) is 2.16. The smallest absolute Gasteiger partial charge is 0.159 e. The summed E-state index contributed by atoms with van der Waals surface area (Å²) in [5.41, 5.74) is 9.42. The zero-order valence-electron chi connectivity index (χ0n) is 10.2. The Morgan fingerprint density at radius 1 is 1.22 bits per heavy atom. The molecule has 2 heterocycles. The zero-order valence-corrected chi connectivity index (χ0v) is 10.2. The highest BCUT2D eigenvalue weighted by atomic mass is 15.1. The molecule has 0 fully saturated rings. The molecule has 0 spiro atoms. The lowest BCUT2D eigenvalue weighted by atomic mass is 10.3. The molecule has 0 aliphatic heterocycles. The Labute approximate surface area is 105 Å². The predicted molar refractivity (Wildman–Crippen MR) is 73.1 cm³/mol. The van der Waals surface area contributed by atoms with Gasteiger partial charge in [-0.05, 0) is 37.3 Å². The van der Waals surface area contributed by atoms with E-state index in [0.717, 1.165) is 34.8 Å². The number of pyridine rings is 1. The summed E-state index contributed by atoms with van der Waals surface area (Å²) in [4.78, 5) is 9.00. The highest BCUT2D eigenvalue weighted by Crippen LogP contribution is 2.24. The summed E-state index contributed by atoms with van der Waals surface area (Å²) in [6.07, 6.45) is 1.78. The molecule has 0 radical (unpaired) electrons. The number of nitrogen functional groups attached to an aromatic ring is 1. The van der Waals surface area contributed by atoms with Gasteiger partial charge >= 0.3 is 0 Å². The largest absolute Gasteiger partial charge is 0.399 e. The van der Waals surface area contributed by atoms with Gasteiger partial charge in [0, 0.05) is 18.4 Å². The molecule has 0 unspecified atom stereocenters. The maximum Gasteiger partial charge on any atom is 0.159 e. The first kappa shape index (κ1) is 10.8. The highest BCUT2D eigenvalue weighted by Gasteiger charge is 2.11. The van der Waals surface area contributed by atoms with Gasteiger partial charge in [-0.15, -0.1) is 0 Å². The summed E-state index contributed by atoms with van der Waals surface area (Å²) >= 11 is 0. The topological polar surface area (TPSA) is 56.7 Å². The van der Waals surface area contributed by atoms with Gasteiger partial charge in [-0.25, -0.2) is 4.98 Å². The van der Waals surface area contributed by atoms with Crippen molar-refractivity contribution < 1.29 is 0 Å². The van der Waals surface area contributed by atoms with Crippen molar-refractivity contribution in [3.8, 4) is 11.5 Å². The number of benzene rings is 1. The number of hydrogen-bond donors (Lipinski definition) is 1. The number of imidazole rings is 1. The van der Waals surface area contributed by atoms with Gasteiger partial charge in [0.1, 0.15) is 5.69 Å². The van der Waals surface area contributed by atoms with E-state index in [0.29, 0.717) is 0 Å². The third kappa shape index (κ3) is 1.62. The summed E-state index contributed by atoms with van der Waals surface area (Å²) in [6.45, 7) is 2.95. The van der Waals surface area contributed by atoms with Crippen molar-refractivity contribution in [3.05, 3.63) is 42.6 Å². The Bertz CT molecular complexity index is 686. The van der Waals surface area contributed by atoms with Crippen molar-refractivity contribution in [2.24, 2.45) is 0 Å². The van der Waals surface area contributed by atoms with E-state index in [1.54, 1.807) is 6.20 Å². The fraction of sp³-hybridized carbons (Fsp3) is 0.143. The summed E-state index contributed by atoms with van der Waals surface area (Å²) in [7, 11) is 0. The van der Waals surface area contributed by atoms with Crippen LogP contribution in [0, 0.1) is 0 Å². The maximum atomic E-state index is 5.80. The molecule has 1 aromatic carbocycles. The molecule has 0 atom stereocenters. The highest BCUT2D eigenvalue weighted by molar-refractivity contribution is 5.82. The minimum atomic E-state index is 0.732. The van der Waals surface area contributed by atoms with E-state index in [2.05, 4.69) is 21.5 Å². The molecule has 0 aliphatic carbocycles. The van der Waals surface area contributed by atoms with Crippen molar-refractivity contribution in [2.45, 2.75) is 13.5 Å². The Morgan fingerprint density at radius 3 is 2.83 bits per heavy atom. The van der Waals surface area contributed by atoms with E-state index in [1.165, 1.54) is 0 Å². The van der Waals surface area contributed by atoms with E-state index >= 15 is 0 Å². The molecule has 0 bridgehead atoms. The number of nitrogens with two attached hydrogens (primary N) is 1. The lowest BCUT2D eigenvalue weighted by Gasteiger charge is -2.04. The number of rotatable bonds is 2. The maximum absolute atomic E-state index is 5.80. The second kappa shape index (κ2) is 4.14. The molecule has 4 heteroatoms. The number of aromatic nitrogens is 3. The van der Waals surface area contributed by atoms with Crippen molar-refractivity contribution in [1.29, 1.82) is 0 Å². The molecule has 4 nitrogen and oxygen atoms in total. The second-order valence-corrected chi connectivity index (χ2v) is 4.14. The van der Waals surface area contributed by atoms with Crippen molar-refractivity contribution in [1.82, 2.24) is 14.5 Å². The van der Waals surface area contributed by atoms with Gasteiger partial charge in [0.25, 0.3) is 0 Å². The number of aryl methyl sites for hydroxylation is 1. The lowest BCUT2D eigenvalue weighted by molar-refractivity contribution is 0.793. The van der Waals surface area contributed by atoms with Crippen molar-refractivity contribution in [2.75, 3.05) is 5.73 Å². The molecule has 0 aliphatic rings.